The first-order valence-corrected chi connectivity index (χ1v) is 5.10. The highest BCUT2D eigenvalue weighted by Gasteiger charge is 1.86. The zero-order chi connectivity index (χ0) is 6.95. The fourth-order valence-electron chi connectivity index (χ4n) is 0.875. The van der Waals surface area contributed by atoms with Crippen molar-refractivity contribution in [2.24, 2.45) is 0 Å². The minimum atomic E-state index is 1.18. The Morgan fingerprint density at radius 1 is 0.889 bits per heavy atom. The molecule has 0 aromatic rings. The van der Waals surface area contributed by atoms with Crippen LogP contribution in [-0.4, -0.2) is 13.2 Å². The monoisotopic (exact) mass is 190 g/mol. The van der Waals surface area contributed by atoms with Gasteiger partial charge in [-0.3, -0.25) is 0 Å². The Balaban J connectivity index is 2.60. The number of rotatable bonds is 6. The molecule has 0 heterocycles. The van der Waals surface area contributed by atoms with Crippen molar-refractivity contribution in [1.29, 1.82) is 0 Å². The van der Waals surface area contributed by atoms with Crippen molar-refractivity contribution >= 4 is 23.8 Å². The van der Waals surface area contributed by atoms with Crippen molar-refractivity contribution in [1.82, 2.24) is 0 Å². The first kappa shape index (κ1) is 9.54. The molecule has 0 nitrogen and oxygen atoms in total. The molecular weight excluding hydrogens is 175 g/mol. The summed E-state index contributed by atoms with van der Waals surface area (Å²) in [6.07, 6.45) is 8.40. The maximum absolute atomic E-state index is 3.42. The standard InChI is InChI=1S/C7H16BBr/c8-6-4-2-1-3-5-7-9/h1-8H2. The molecule has 9 heavy (non-hydrogen) atoms. The lowest BCUT2D eigenvalue weighted by Gasteiger charge is -1.95. The maximum Gasteiger partial charge on any atom is 0.101 e. The van der Waals surface area contributed by atoms with Gasteiger partial charge in [-0.15, -0.1) is 0 Å². The van der Waals surface area contributed by atoms with Gasteiger partial charge in [-0.2, -0.15) is 0 Å². The van der Waals surface area contributed by atoms with Crippen LogP contribution in [0, 0.1) is 0 Å². The number of hydrogen-bond acceptors (Lipinski definition) is 0. The van der Waals surface area contributed by atoms with E-state index in [0.29, 0.717) is 0 Å². The van der Waals surface area contributed by atoms with E-state index in [9.17, 15) is 0 Å². The van der Waals surface area contributed by atoms with Gasteiger partial charge in [0.25, 0.3) is 0 Å². The quantitative estimate of drug-likeness (QED) is 0.343. The van der Waals surface area contributed by atoms with Gasteiger partial charge in [0.1, 0.15) is 7.85 Å². The fraction of sp³-hybridized carbons (Fsp3) is 1.00. The second kappa shape index (κ2) is 8.54. The zero-order valence-electron chi connectivity index (χ0n) is 6.33. The number of alkyl halides is 1. The first-order chi connectivity index (χ1) is 4.41. The Labute approximate surface area is 67.9 Å². The zero-order valence-corrected chi connectivity index (χ0v) is 7.91. The molecule has 0 aromatic carbocycles. The average Bonchev–Trinajstić information content (AvgIpc) is 1.89. The van der Waals surface area contributed by atoms with Gasteiger partial charge in [-0.25, -0.2) is 0 Å². The topological polar surface area (TPSA) is 0 Å². The van der Waals surface area contributed by atoms with Crippen LogP contribution in [0.2, 0.25) is 6.32 Å². The molecule has 0 unspecified atom stereocenters. The molecule has 0 aromatic heterocycles. The summed E-state index contributed by atoms with van der Waals surface area (Å²) in [4.78, 5) is 0. The molecule has 0 aliphatic heterocycles. The summed E-state index contributed by atoms with van der Waals surface area (Å²) in [5.41, 5.74) is 0. The van der Waals surface area contributed by atoms with Crippen LogP contribution < -0.4 is 0 Å². The van der Waals surface area contributed by atoms with Crippen LogP contribution in [-0.2, 0) is 0 Å². The number of unbranched alkanes of at least 4 members (excludes halogenated alkanes) is 4. The van der Waals surface area contributed by atoms with E-state index < -0.39 is 0 Å². The highest BCUT2D eigenvalue weighted by atomic mass is 79.9. The molecule has 0 saturated carbocycles. The SMILES string of the molecule is BCCCCCCCBr. The molecule has 2 heteroatoms. The van der Waals surface area contributed by atoms with Gasteiger partial charge < -0.3 is 0 Å². The van der Waals surface area contributed by atoms with Crippen LogP contribution in [0.3, 0.4) is 0 Å². The molecule has 0 rings (SSSR count). The lowest BCUT2D eigenvalue weighted by atomic mass is 9.99. The third-order valence-corrected chi connectivity index (χ3v) is 2.05. The van der Waals surface area contributed by atoms with Gasteiger partial charge in [0.2, 0.25) is 0 Å². The van der Waals surface area contributed by atoms with E-state index in [1.165, 1.54) is 43.8 Å². The van der Waals surface area contributed by atoms with Gasteiger partial charge in [-0.05, 0) is 6.42 Å². The molecule has 0 amide bonds. The van der Waals surface area contributed by atoms with Crippen molar-refractivity contribution < 1.29 is 0 Å². The van der Waals surface area contributed by atoms with Crippen molar-refractivity contribution in [3.8, 4) is 0 Å². The average molecular weight is 191 g/mol. The van der Waals surface area contributed by atoms with E-state index in [0.717, 1.165) is 0 Å². The third-order valence-electron chi connectivity index (χ3n) is 1.49. The van der Waals surface area contributed by atoms with Crippen LogP contribution >= 0.6 is 15.9 Å². The Hall–Kier alpha value is 0.545. The fourth-order valence-corrected chi connectivity index (χ4v) is 1.27. The molecule has 0 radical (unpaired) electrons. The summed E-state index contributed by atoms with van der Waals surface area (Å²) in [6, 6.07) is 0. The predicted octanol–water partition coefficient (Wildman–Crippen LogP) is 2.38. The molecular formula is C7H16BBr. The van der Waals surface area contributed by atoms with Crippen molar-refractivity contribution in [2.45, 2.75) is 38.4 Å². The Bertz CT molecular complexity index is 42.2. The van der Waals surface area contributed by atoms with E-state index in [2.05, 4.69) is 23.8 Å². The van der Waals surface area contributed by atoms with Crippen LogP contribution in [0.4, 0.5) is 0 Å². The van der Waals surface area contributed by atoms with Crippen LogP contribution in [0.5, 0.6) is 0 Å². The highest BCUT2D eigenvalue weighted by Crippen LogP contribution is 2.05. The number of hydrogen-bond donors (Lipinski definition) is 0. The Morgan fingerprint density at radius 2 is 1.44 bits per heavy atom. The van der Waals surface area contributed by atoms with E-state index >= 15 is 0 Å². The van der Waals surface area contributed by atoms with Gasteiger partial charge in [0.15, 0.2) is 0 Å². The molecule has 0 saturated heterocycles. The summed E-state index contributed by atoms with van der Waals surface area (Å²) in [7, 11) is 2.25. The van der Waals surface area contributed by atoms with E-state index in [1.54, 1.807) is 0 Å². The summed E-state index contributed by atoms with van der Waals surface area (Å²) in [6.45, 7) is 0. The van der Waals surface area contributed by atoms with Crippen LogP contribution in [0.15, 0.2) is 0 Å². The van der Waals surface area contributed by atoms with E-state index in [-0.39, 0.29) is 0 Å². The molecule has 0 aliphatic rings. The summed E-state index contributed by atoms with van der Waals surface area (Å²) >= 11 is 3.42. The minimum absolute atomic E-state index is 1.18. The molecule has 54 valence electrons. The Morgan fingerprint density at radius 3 is 2.00 bits per heavy atom. The normalized spacial score (nSPS) is 9.89. The number of halogens is 1. The minimum Gasteiger partial charge on any atom is -0.0928 e. The largest absolute Gasteiger partial charge is 0.101 e. The lowest BCUT2D eigenvalue weighted by molar-refractivity contribution is 0.660. The highest BCUT2D eigenvalue weighted by molar-refractivity contribution is 9.09. The summed E-state index contributed by atoms with van der Waals surface area (Å²) in [5, 5.41) is 1.18. The second-order valence-electron chi connectivity index (χ2n) is 2.46. The predicted molar refractivity (Wildman–Crippen MR) is 50.2 cm³/mol. The summed E-state index contributed by atoms with van der Waals surface area (Å²) < 4.78 is 0. The first-order valence-electron chi connectivity index (χ1n) is 3.97. The Kier molecular flexibility index (Phi) is 9.06. The molecule has 0 fully saturated rings. The van der Waals surface area contributed by atoms with Crippen molar-refractivity contribution in [2.75, 3.05) is 5.33 Å². The van der Waals surface area contributed by atoms with Gasteiger partial charge in [-0.1, -0.05) is 47.9 Å². The van der Waals surface area contributed by atoms with E-state index in [4.69, 9.17) is 0 Å². The van der Waals surface area contributed by atoms with Gasteiger partial charge in [0.05, 0.1) is 0 Å². The molecule has 0 bridgehead atoms. The third kappa shape index (κ3) is 8.54. The lowest BCUT2D eigenvalue weighted by Crippen LogP contribution is -1.78. The van der Waals surface area contributed by atoms with E-state index in [1.807, 2.05) is 0 Å². The smallest absolute Gasteiger partial charge is 0.0928 e. The second-order valence-corrected chi connectivity index (χ2v) is 3.25. The molecule has 0 aliphatic carbocycles. The van der Waals surface area contributed by atoms with Crippen LogP contribution in [0.1, 0.15) is 32.1 Å². The van der Waals surface area contributed by atoms with Gasteiger partial charge in [0, 0.05) is 5.33 Å². The van der Waals surface area contributed by atoms with Crippen LogP contribution in [0.25, 0.3) is 0 Å². The van der Waals surface area contributed by atoms with Gasteiger partial charge >= 0.3 is 0 Å². The maximum atomic E-state index is 3.42. The van der Waals surface area contributed by atoms with Crippen molar-refractivity contribution in [3.05, 3.63) is 0 Å². The molecule has 0 atom stereocenters. The summed E-state index contributed by atoms with van der Waals surface area (Å²) in [5.74, 6) is 0. The van der Waals surface area contributed by atoms with Crippen molar-refractivity contribution in [3.63, 3.8) is 0 Å². The molecule has 0 spiro atoms. The molecule has 0 N–H and O–H groups in total.